The van der Waals surface area contributed by atoms with E-state index < -0.39 is 0 Å². The van der Waals surface area contributed by atoms with Crippen molar-refractivity contribution in [2.24, 2.45) is 5.92 Å². The maximum absolute atomic E-state index is 11.6. The van der Waals surface area contributed by atoms with Crippen molar-refractivity contribution in [3.63, 3.8) is 0 Å². The van der Waals surface area contributed by atoms with Gasteiger partial charge in [0.15, 0.2) is 0 Å². The van der Waals surface area contributed by atoms with Gasteiger partial charge in [0.05, 0.1) is 0 Å². The number of hydrogen-bond acceptors (Lipinski definition) is 2. The van der Waals surface area contributed by atoms with Gasteiger partial charge in [-0.1, -0.05) is 30.3 Å². The van der Waals surface area contributed by atoms with Gasteiger partial charge in [-0.05, 0) is 18.4 Å². The van der Waals surface area contributed by atoms with Crippen LogP contribution in [0.1, 0.15) is 18.4 Å². The number of piperidine rings is 1. The van der Waals surface area contributed by atoms with Crippen LogP contribution in [0.4, 0.5) is 0 Å². The largest absolute Gasteiger partial charge is 0.316 e. The molecular weight excluding hydrogens is 186 g/mol. The van der Waals surface area contributed by atoms with Crippen molar-refractivity contribution in [3.8, 4) is 0 Å². The third-order valence-corrected chi connectivity index (χ3v) is 3.02. The van der Waals surface area contributed by atoms with Crippen molar-refractivity contribution < 1.29 is 4.79 Å². The van der Waals surface area contributed by atoms with E-state index in [1.807, 2.05) is 6.07 Å². The molecule has 15 heavy (non-hydrogen) atoms. The number of nitrogens with one attached hydrogen (secondary N) is 1. The molecule has 0 bridgehead atoms. The van der Waals surface area contributed by atoms with Crippen molar-refractivity contribution in [1.29, 1.82) is 0 Å². The molecule has 1 aromatic carbocycles. The van der Waals surface area contributed by atoms with Crippen molar-refractivity contribution in [2.45, 2.75) is 19.3 Å². The van der Waals surface area contributed by atoms with Crippen LogP contribution in [0, 0.1) is 5.92 Å². The van der Waals surface area contributed by atoms with Crippen LogP contribution in [0.2, 0.25) is 0 Å². The number of aryl methyl sites for hydroxylation is 1. The zero-order valence-electron chi connectivity index (χ0n) is 8.91. The highest BCUT2D eigenvalue weighted by Crippen LogP contribution is 2.14. The standard InChI is InChI=1S/C13H17NO/c15-13-8-9-14-10-12(13)7-6-11-4-2-1-3-5-11/h1-5,12,14H,6-10H2. The molecule has 0 aromatic heterocycles. The third kappa shape index (κ3) is 2.90. The van der Waals surface area contributed by atoms with E-state index in [2.05, 4.69) is 29.6 Å². The third-order valence-electron chi connectivity index (χ3n) is 3.02. The van der Waals surface area contributed by atoms with Crippen LogP contribution in [0.15, 0.2) is 30.3 Å². The smallest absolute Gasteiger partial charge is 0.138 e. The lowest BCUT2D eigenvalue weighted by atomic mass is 9.91. The fourth-order valence-corrected chi connectivity index (χ4v) is 2.05. The number of benzene rings is 1. The van der Waals surface area contributed by atoms with Crippen LogP contribution >= 0.6 is 0 Å². The topological polar surface area (TPSA) is 29.1 Å². The average Bonchev–Trinajstić information content (AvgIpc) is 2.29. The minimum atomic E-state index is 0.235. The molecular formula is C13H17NO. The Balaban J connectivity index is 1.85. The Bertz CT molecular complexity index is 321. The van der Waals surface area contributed by atoms with Gasteiger partial charge in [0.2, 0.25) is 0 Å². The molecule has 0 amide bonds. The maximum atomic E-state index is 11.6. The number of carbonyl (C=O) groups is 1. The zero-order valence-corrected chi connectivity index (χ0v) is 8.91. The first kappa shape index (κ1) is 10.4. The lowest BCUT2D eigenvalue weighted by Crippen LogP contribution is -2.37. The predicted molar refractivity (Wildman–Crippen MR) is 60.7 cm³/mol. The summed E-state index contributed by atoms with van der Waals surface area (Å²) in [6, 6.07) is 10.4. The van der Waals surface area contributed by atoms with Crippen molar-refractivity contribution in [3.05, 3.63) is 35.9 Å². The molecule has 80 valence electrons. The van der Waals surface area contributed by atoms with E-state index in [0.717, 1.165) is 25.9 Å². The van der Waals surface area contributed by atoms with Crippen molar-refractivity contribution in [1.82, 2.24) is 5.32 Å². The summed E-state index contributed by atoms with van der Waals surface area (Å²) in [5.74, 6) is 0.670. The summed E-state index contributed by atoms with van der Waals surface area (Å²) >= 11 is 0. The molecule has 0 radical (unpaired) electrons. The molecule has 1 fully saturated rings. The van der Waals surface area contributed by atoms with Gasteiger partial charge in [0.1, 0.15) is 5.78 Å². The number of Topliss-reactive ketones (excluding diaryl/α,β-unsaturated/α-hetero) is 1. The summed E-state index contributed by atoms with van der Waals surface area (Å²) in [5, 5.41) is 3.28. The highest BCUT2D eigenvalue weighted by atomic mass is 16.1. The summed E-state index contributed by atoms with van der Waals surface area (Å²) in [6.07, 6.45) is 2.70. The average molecular weight is 203 g/mol. The van der Waals surface area contributed by atoms with Gasteiger partial charge in [0, 0.05) is 25.4 Å². The molecule has 1 aromatic rings. The van der Waals surface area contributed by atoms with Gasteiger partial charge in [-0.3, -0.25) is 4.79 Å². The summed E-state index contributed by atoms with van der Waals surface area (Å²) in [5.41, 5.74) is 1.33. The van der Waals surface area contributed by atoms with E-state index in [9.17, 15) is 4.79 Å². The summed E-state index contributed by atoms with van der Waals surface area (Å²) in [7, 11) is 0. The second kappa shape index (κ2) is 5.08. The Morgan fingerprint density at radius 3 is 2.80 bits per heavy atom. The quantitative estimate of drug-likeness (QED) is 0.811. The Hall–Kier alpha value is -1.15. The molecule has 0 aliphatic carbocycles. The number of ketones is 1. The molecule has 0 saturated carbocycles. The number of hydrogen-bond donors (Lipinski definition) is 1. The summed E-state index contributed by atoms with van der Waals surface area (Å²) in [6.45, 7) is 1.73. The lowest BCUT2D eigenvalue weighted by molar-refractivity contribution is -0.124. The normalized spacial score (nSPS) is 21.6. The Morgan fingerprint density at radius 2 is 2.07 bits per heavy atom. The van der Waals surface area contributed by atoms with Gasteiger partial charge in [-0.15, -0.1) is 0 Å². The second-order valence-electron chi connectivity index (χ2n) is 4.14. The monoisotopic (exact) mass is 203 g/mol. The molecule has 1 aliphatic heterocycles. The first-order valence-corrected chi connectivity index (χ1v) is 5.63. The second-order valence-corrected chi connectivity index (χ2v) is 4.14. The van der Waals surface area contributed by atoms with Gasteiger partial charge in [-0.25, -0.2) is 0 Å². The molecule has 2 heteroatoms. The first-order chi connectivity index (χ1) is 7.36. The highest BCUT2D eigenvalue weighted by molar-refractivity contribution is 5.82. The fourth-order valence-electron chi connectivity index (χ4n) is 2.05. The summed E-state index contributed by atoms with van der Waals surface area (Å²) in [4.78, 5) is 11.6. The van der Waals surface area contributed by atoms with E-state index in [4.69, 9.17) is 0 Å². The van der Waals surface area contributed by atoms with Crippen LogP contribution in [-0.4, -0.2) is 18.9 Å². The predicted octanol–water partition coefficient (Wildman–Crippen LogP) is 1.80. The SMILES string of the molecule is O=C1CCNCC1CCc1ccccc1. The van der Waals surface area contributed by atoms with E-state index in [1.165, 1.54) is 5.56 Å². The van der Waals surface area contributed by atoms with Crippen LogP contribution in [0.5, 0.6) is 0 Å². The Kier molecular flexibility index (Phi) is 3.51. The van der Waals surface area contributed by atoms with Crippen LogP contribution in [0.3, 0.4) is 0 Å². The molecule has 2 rings (SSSR count). The minimum absolute atomic E-state index is 0.235. The summed E-state index contributed by atoms with van der Waals surface area (Å²) < 4.78 is 0. The van der Waals surface area contributed by atoms with Crippen LogP contribution < -0.4 is 5.32 Å². The van der Waals surface area contributed by atoms with Gasteiger partial charge in [-0.2, -0.15) is 0 Å². The van der Waals surface area contributed by atoms with E-state index in [-0.39, 0.29) is 5.92 Å². The zero-order chi connectivity index (χ0) is 10.5. The fraction of sp³-hybridized carbons (Fsp3) is 0.462. The maximum Gasteiger partial charge on any atom is 0.138 e. The van der Waals surface area contributed by atoms with Gasteiger partial charge >= 0.3 is 0 Å². The number of carbonyl (C=O) groups excluding carboxylic acids is 1. The minimum Gasteiger partial charge on any atom is -0.316 e. The molecule has 1 N–H and O–H groups in total. The van der Waals surface area contributed by atoms with Gasteiger partial charge in [0.25, 0.3) is 0 Å². The molecule has 1 atom stereocenters. The van der Waals surface area contributed by atoms with E-state index in [1.54, 1.807) is 0 Å². The van der Waals surface area contributed by atoms with Crippen LogP contribution in [-0.2, 0) is 11.2 Å². The first-order valence-electron chi connectivity index (χ1n) is 5.63. The molecule has 1 saturated heterocycles. The molecule has 1 unspecified atom stereocenters. The number of rotatable bonds is 3. The highest BCUT2D eigenvalue weighted by Gasteiger charge is 2.21. The van der Waals surface area contributed by atoms with Crippen molar-refractivity contribution in [2.75, 3.05) is 13.1 Å². The molecule has 0 spiro atoms. The van der Waals surface area contributed by atoms with Gasteiger partial charge < -0.3 is 5.32 Å². The lowest BCUT2D eigenvalue weighted by Gasteiger charge is -2.21. The Morgan fingerprint density at radius 1 is 1.27 bits per heavy atom. The molecule has 1 aliphatic rings. The molecule has 2 nitrogen and oxygen atoms in total. The van der Waals surface area contributed by atoms with E-state index >= 15 is 0 Å². The Labute approximate surface area is 90.7 Å². The van der Waals surface area contributed by atoms with Crippen LogP contribution in [0.25, 0.3) is 0 Å². The van der Waals surface area contributed by atoms with Crippen molar-refractivity contribution >= 4 is 5.78 Å². The molecule has 1 heterocycles. The van der Waals surface area contributed by atoms with E-state index in [0.29, 0.717) is 12.2 Å².